The van der Waals surface area contributed by atoms with Gasteiger partial charge in [-0.15, -0.1) is 10.2 Å². The molecule has 0 bridgehead atoms. The van der Waals surface area contributed by atoms with E-state index in [2.05, 4.69) is 32.6 Å². The first-order valence-electron chi connectivity index (χ1n) is 9.70. The van der Waals surface area contributed by atoms with Gasteiger partial charge >= 0.3 is 0 Å². The van der Waals surface area contributed by atoms with E-state index in [1.807, 2.05) is 60.7 Å². The van der Waals surface area contributed by atoms with Crippen LogP contribution in [0.5, 0.6) is 0 Å². The van der Waals surface area contributed by atoms with Crippen molar-refractivity contribution in [2.45, 2.75) is 30.7 Å². The van der Waals surface area contributed by atoms with E-state index in [1.54, 1.807) is 0 Å². The zero-order valence-electron chi connectivity index (χ0n) is 16.5. The number of benzene rings is 2. The summed E-state index contributed by atoms with van der Waals surface area (Å²) in [6.07, 6.45) is 0.667. The summed E-state index contributed by atoms with van der Waals surface area (Å²) in [5, 5.41) is 13.8. The molecule has 5 aromatic rings. The van der Waals surface area contributed by atoms with Gasteiger partial charge in [-0.05, 0) is 54.6 Å². The number of rotatable bonds is 5. The maximum atomic E-state index is 13.0. The Hall–Kier alpha value is -2.97. The maximum absolute atomic E-state index is 13.0. The average Bonchev–Trinajstić information content (AvgIpc) is 3.34. The molecular formula is C22H19N5OS2. The van der Waals surface area contributed by atoms with Gasteiger partial charge in [0.25, 0.3) is 0 Å². The number of hydrogen-bond acceptors (Lipinski definition) is 6. The molecule has 0 saturated carbocycles. The molecule has 1 amide bonds. The molecule has 2 aromatic carbocycles. The first-order valence-corrected chi connectivity index (χ1v) is 11.4. The van der Waals surface area contributed by atoms with Crippen LogP contribution in [-0.2, 0) is 4.79 Å². The molecule has 0 radical (unpaired) electrons. The molecule has 6 nitrogen and oxygen atoms in total. The molecule has 5 rings (SSSR count). The smallest absolute Gasteiger partial charge is 0.239 e. The molecule has 1 N–H and O–H groups in total. The van der Waals surface area contributed by atoms with Crippen molar-refractivity contribution in [3.8, 4) is 0 Å². The van der Waals surface area contributed by atoms with Gasteiger partial charge in [0, 0.05) is 0 Å². The van der Waals surface area contributed by atoms with Crippen LogP contribution in [0, 0.1) is 6.92 Å². The van der Waals surface area contributed by atoms with E-state index in [0.29, 0.717) is 16.7 Å². The lowest BCUT2D eigenvalue weighted by Gasteiger charge is -2.13. The lowest BCUT2D eigenvalue weighted by molar-refractivity contribution is -0.115. The van der Waals surface area contributed by atoms with Crippen molar-refractivity contribution < 1.29 is 4.79 Å². The van der Waals surface area contributed by atoms with Crippen molar-refractivity contribution in [3.63, 3.8) is 0 Å². The molecule has 0 aliphatic rings. The molecule has 1 unspecified atom stereocenters. The lowest BCUT2D eigenvalue weighted by Crippen LogP contribution is -2.24. The SMILES string of the molecule is CCC(Sc1nnc2ccc3ccccc3n12)C(=O)Nc1nc2ccc(C)cc2s1. The predicted octanol–water partition coefficient (Wildman–Crippen LogP) is 5.31. The van der Waals surface area contributed by atoms with Crippen molar-refractivity contribution >= 4 is 60.9 Å². The molecule has 0 aliphatic heterocycles. The van der Waals surface area contributed by atoms with E-state index in [9.17, 15) is 4.79 Å². The van der Waals surface area contributed by atoms with Gasteiger partial charge in [0.15, 0.2) is 15.9 Å². The van der Waals surface area contributed by atoms with E-state index >= 15 is 0 Å². The molecule has 30 heavy (non-hydrogen) atoms. The number of nitrogens with one attached hydrogen (secondary N) is 1. The standard InChI is InChI=1S/C22H19N5OS2/c1-3-17(20(28)24-21-23-15-10-8-13(2)12-18(15)29-21)30-22-26-25-19-11-9-14-6-4-5-7-16(14)27(19)22/h4-12,17H,3H2,1-2H3,(H,23,24,28). The summed E-state index contributed by atoms with van der Waals surface area (Å²) >= 11 is 2.93. The highest BCUT2D eigenvalue weighted by atomic mass is 32.2. The number of carbonyl (C=O) groups is 1. The van der Waals surface area contributed by atoms with Crippen LogP contribution in [0.15, 0.2) is 59.8 Å². The summed E-state index contributed by atoms with van der Waals surface area (Å²) in [6, 6.07) is 18.2. The van der Waals surface area contributed by atoms with Crippen LogP contribution in [0.25, 0.3) is 26.8 Å². The quantitative estimate of drug-likeness (QED) is 0.380. The minimum absolute atomic E-state index is 0.0738. The number of hydrogen-bond donors (Lipinski definition) is 1. The van der Waals surface area contributed by atoms with Crippen LogP contribution in [0.1, 0.15) is 18.9 Å². The van der Waals surface area contributed by atoms with Crippen LogP contribution >= 0.6 is 23.1 Å². The predicted molar refractivity (Wildman–Crippen MR) is 123 cm³/mol. The Kier molecular flexibility index (Phi) is 4.88. The molecule has 0 fully saturated rings. The first kappa shape index (κ1) is 19.0. The monoisotopic (exact) mass is 433 g/mol. The van der Waals surface area contributed by atoms with Gasteiger partial charge in [-0.1, -0.05) is 54.3 Å². The van der Waals surface area contributed by atoms with Gasteiger partial charge in [0.2, 0.25) is 5.91 Å². The number of para-hydroxylation sites is 1. The molecule has 0 aliphatic carbocycles. The third-order valence-corrected chi connectivity index (χ3v) is 7.17. The number of thiazole rings is 1. The lowest BCUT2D eigenvalue weighted by atomic mass is 10.2. The number of nitrogens with zero attached hydrogens (tertiary/aromatic N) is 4. The summed E-state index contributed by atoms with van der Waals surface area (Å²) in [5.41, 5.74) is 3.88. The topological polar surface area (TPSA) is 72.2 Å². The molecule has 1 atom stereocenters. The number of fused-ring (bicyclic) bond motifs is 4. The van der Waals surface area contributed by atoms with Crippen molar-refractivity contribution in [3.05, 3.63) is 60.2 Å². The van der Waals surface area contributed by atoms with E-state index in [4.69, 9.17) is 0 Å². The highest BCUT2D eigenvalue weighted by Crippen LogP contribution is 2.30. The second-order valence-electron chi connectivity index (χ2n) is 7.06. The summed E-state index contributed by atoms with van der Waals surface area (Å²) in [7, 11) is 0. The number of anilines is 1. The zero-order chi connectivity index (χ0) is 20.7. The Bertz CT molecular complexity index is 1390. The van der Waals surface area contributed by atoms with Crippen LogP contribution in [0.4, 0.5) is 5.13 Å². The highest BCUT2D eigenvalue weighted by Gasteiger charge is 2.22. The normalized spacial score (nSPS) is 12.6. The van der Waals surface area contributed by atoms with Crippen molar-refractivity contribution in [2.75, 3.05) is 5.32 Å². The van der Waals surface area contributed by atoms with Crippen molar-refractivity contribution in [1.82, 2.24) is 19.6 Å². The van der Waals surface area contributed by atoms with Gasteiger partial charge in [0.05, 0.1) is 21.0 Å². The highest BCUT2D eigenvalue weighted by molar-refractivity contribution is 8.00. The van der Waals surface area contributed by atoms with E-state index in [0.717, 1.165) is 26.8 Å². The minimum atomic E-state index is -0.301. The molecular weight excluding hydrogens is 414 g/mol. The molecule has 150 valence electrons. The molecule has 8 heteroatoms. The number of pyridine rings is 1. The Labute approximate surface area is 181 Å². The van der Waals surface area contributed by atoms with Gasteiger partial charge in [-0.25, -0.2) is 4.98 Å². The summed E-state index contributed by atoms with van der Waals surface area (Å²) < 4.78 is 3.08. The Morgan fingerprint density at radius 1 is 1.17 bits per heavy atom. The summed E-state index contributed by atoms with van der Waals surface area (Å²) in [4.78, 5) is 17.5. The minimum Gasteiger partial charge on any atom is -0.301 e. The second kappa shape index (κ2) is 7.70. The largest absolute Gasteiger partial charge is 0.301 e. The summed E-state index contributed by atoms with van der Waals surface area (Å²) in [6.45, 7) is 4.05. The fourth-order valence-electron chi connectivity index (χ4n) is 3.41. The maximum Gasteiger partial charge on any atom is 0.239 e. The fraction of sp³-hybridized carbons (Fsp3) is 0.182. The average molecular weight is 434 g/mol. The van der Waals surface area contributed by atoms with E-state index in [-0.39, 0.29) is 11.2 Å². The number of aromatic nitrogens is 4. The van der Waals surface area contributed by atoms with Gasteiger partial charge in [-0.3, -0.25) is 9.20 Å². The van der Waals surface area contributed by atoms with Crippen molar-refractivity contribution in [1.29, 1.82) is 0 Å². The van der Waals surface area contributed by atoms with Gasteiger partial charge in [0.1, 0.15) is 0 Å². The molecule has 0 spiro atoms. The van der Waals surface area contributed by atoms with E-state index in [1.165, 1.54) is 28.7 Å². The zero-order valence-corrected chi connectivity index (χ0v) is 18.1. The Morgan fingerprint density at radius 3 is 2.90 bits per heavy atom. The van der Waals surface area contributed by atoms with Gasteiger partial charge < -0.3 is 5.32 Å². The Morgan fingerprint density at radius 2 is 2.03 bits per heavy atom. The molecule has 0 saturated heterocycles. The number of carbonyl (C=O) groups excluding carboxylic acids is 1. The molecule has 3 aromatic heterocycles. The van der Waals surface area contributed by atoms with Gasteiger partial charge in [-0.2, -0.15) is 0 Å². The van der Waals surface area contributed by atoms with Crippen LogP contribution in [0.2, 0.25) is 0 Å². The van der Waals surface area contributed by atoms with Crippen molar-refractivity contribution in [2.24, 2.45) is 0 Å². The third-order valence-electron chi connectivity index (χ3n) is 4.93. The third kappa shape index (κ3) is 3.42. The first-order chi connectivity index (χ1) is 14.6. The van der Waals surface area contributed by atoms with Crippen LogP contribution in [0.3, 0.4) is 0 Å². The molecule has 3 heterocycles. The fourth-order valence-corrected chi connectivity index (χ4v) is 5.35. The second-order valence-corrected chi connectivity index (χ2v) is 9.26. The summed E-state index contributed by atoms with van der Waals surface area (Å²) in [5.74, 6) is -0.0738. The van der Waals surface area contributed by atoms with Crippen LogP contribution in [-0.4, -0.2) is 30.7 Å². The number of aryl methyl sites for hydroxylation is 1. The van der Waals surface area contributed by atoms with E-state index < -0.39 is 0 Å². The number of thioether (sulfide) groups is 1. The Balaban J connectivity index is 1.42. The van der Waals surface area contributed by atoms with Crippen LogP contribution < -0.4 is 5.32 Å². The number of amides is 1.